The van der Waals surface area contributed by atoms with Gasteiger partial charge in [-0.1, -0.05) is 17.3 Å². The highest BCUT2D eigenvalue weighted by Crippen LogP contribution is 2.18. The molecule has 3 aromatic heterocycles. The van der Waals surface area contributed by atoms with Gasteiger partial charge in [0.1, 0.15) is 5.60 Å². The van der Waals surface area contributed by atoms with Crippen molar-refractivity contribution in [1.82, 2.24) is 40.1 Å². The molecule has 1 amide bonds. The zero-order valence-corrected chi connectivity index (χ0v) is 21.1. The molecular formula is C24H29N9O4. The predicted octanol–water partition coefficient (Wildman–Crippen LogP) is 3.13. The van der Waals surface area contributed by atoms with Crippen LogP contribution in [0.3, 0.4) is 0 Å². The second-order valence-electron chi connectivity index (χ2n) is 9.22. The van der Waals surface area contributed by atoms with Crippen LogP contribution in [0.2, 0.25) is 0 Å². The largest absolute Gasteiger partial charge is 0.469 e. The van der Waals surface area contributed by atoms with Gasteiger partial charge in [0.05, 0.1) is 30.9 Å². The lowest BCUT2D eigenvalue weighted by molar-refractivity contribution is -0.140. The van der Waals surface area contributed by atoms with E-state index in [9.17, 15) is 9.59 Å². The number of hydrogen-bond acceptors (Lipinski definition) is 10. The van der Waals surface area contributed by atoms with Gasteiger partial charge in [-0.2, -0.15) is 14.8 Å². The summed E-state index contributed by atoms with van der Waals surface area (Å²) in [6.45, 7) is 6.36. The molecule has 4 rings (SSSR count). The van der Waals surface area contributed by atoms with Crippen molar-refractivity contribution in [3.8, 4) is 5.69 Å². The van der Waals surface area contributed by atoms with Crippen LogP contribution < -0.4 is 10.6 Å². The number of carbonyl (C=O) groups is 2. The third-order valence-electron chi connectivity index (χ3n) is 5.09. The van der Waals surface area contributed by atoms with Gasteiger partial charge in [0, 0.05) is 25.7 Å². The maximum Gasteiger partial charge on any atom is 0.407 e. The molecule has 1 aromatic carbocycles. The summed E-state index contributed by atoms with van der Waals surface area (Å²) in [6, 6.07) is 7.51. The van der Waals surface area contributed by atoms with Crippen molar-refractivity contribution in [1.29, 1.82) is 0 Å². The molecule has 0 unspecified atom stereocenters. The molecule has 0 saturated carbocycles. The molecule has 0 saturated heterocycles. The number of hydrogen-bond donors (Lipinski definition) is 2. The molecule has 13 heteroatoms. The number of esters is 1. The van der Waals surface area contributed by atoms with Gasteiger partial charge >= 0.3 is 12.1 Å². The Morgan fingerprint density at radius 3 is 2.62 bits per heavy atom. The Hall–Kier alpha value is -4.55. The number of amides is 1. The summed E-state index contributed by atoms with van der Waals surface area (Å²) in [4.78, 5) is 32.0. The number of nitrogens with one attached hydrogen (secondary N) is 2. The first-order valence-electron chi connectivity index (χ1n) is 11.7. The Balaban J connectivity index is 1.41. The molecular weight excluding hydrogens is 478 g/mol. The Morgan fingerprint density at radius 1 is 1.11 bits per heavy atom. The van der Waals surface area contributed by atoms with Gasteiger partial charge in [-0.25, -0.2) is 9.78 Å². The maximum absolute atomic E-state index is 11.9. The lowest BCUT2D eigenvalue weighted by Crippen LogP contribution is -2.32. The van der Waals surface area contributed by atoms with Crippen molar-refractivity contribution in [2.24, 2.45) is 0 Å². The summed E-state index contributed by atoms with van der Waals surface area (Å²) in [5, 5.41) is 18.5. The van der Waals surface area contributed by atoms with E-state index in [1.54, 1.807) is 21.8 Å². The molecule has 0 radical (unpaired) electrons. The molecule has 2 N–H and O–H groups in total. The number of alkyl carbamates (subject to hydrolysis) is 1. The number of methoxy groups -OCH3 is 1. The summed E-state index contributed by atoms with van der Waals surface area (Å²) in [5.41, 5.74) is 2.89. The van der Waals surface area contributed by atoms with Crippen molar-refractivity contribution in [2.75, 3.05) is 12.4 Å². The number of benzene rings is 1. The van der Waals surface area contributed by atoms with E-state index in [1.165, 1.54) is 7.11 Å². The van der Waals surface area contributed by atoms with Crippen LogP contribution in [0.15, 0.2) is 42.9 Å². The van der Waals surface area contributed by atoms with Gasteiger partial charge in [-0.15, -0.1) is 5.10 Å². The van der Waals surface area contributed by atoms with Crippen LogP contribution in [-0.4, -0.2) is 59.5 Å². The van der Waals surface area contributed by atoms with E-state index in [1.807, 2.05) is 51.2 Å². The lowest BCUT2D eigenvalue weighted by atomic mass is 10.2. The van der Waals surface area contributed by atoms with Crippen molar-refractivity contribution in [3.63, 3.8) is 0 Å². The number of aryl methyl sites for hydroxylation is 1. The fourth-order valence-corrected chi connectivity index (χ4v) is 3.37. The SMILES string of the molecule is COC(=O)CCCn1cc(Nc2ncc3nnn(-c4ccc(CNC(=O)OC(C)(C)C)cc4)c3n2)cn1. The predicted molar refractivity (Wildman–Crippen MR) is 134 cm³/mol. The fraction of sp³-hybridized carbons (Fsp3) is 0.375. The highest BCUT2D eigenvalue weighted by atomic mass is 16.6. The fourth-order valence-electron chi connectivity index (χ4n) is 3.37. The summed E-state index contributed by atoms with van der Waals surface area (Å²) >= 11 is 0. The molecule has 13 nitrogen and oxygen atoms in total. The maximum atomic E-state index is 11.9. The van der Waals surface area contributed by atoms with Crippen LogP contribution in [0.4, 0.5) is 16.4 Å². The van der Waals surface area contributed by atoms with E-state index < -0.39 is 11.7 Å². The normalized spacial score (nSPS) is 11.4. The quantitative estimate of drug-likeness (QED) is 0.323. The number of ether oxygens (including phenoxy) is 2. The third kappa shape index (κ3) is 6.99. The van der Waals surface area contributed by atoms with E-state index in [-0.39, 0.29) is 5.97 Å². The van der Waals surface area contributed by atoms with Crippen molar-refractivity contribution >= 4 is 34.9 Å². The number of carbonyl (C=O) groups excluding carboxylic acids is 2. The van der Waals surface area contributed by atoms with Crippen LogP contribution in [0.5, 0.6) is 0 Å². The third-order valence-corrected chi connectivity index (χ3v) is 5.09. The Labute approximate surface area is 213 Å². The molecule has 0 aliphatic heterocycles. The van der Waals surface area contributed by atoms with E-state index in [2.05, 4.69) is 40.7 Å². The van der Waals surface area contributed by atoms with Crippen LogP contribution in [-0.2, 0) is 27.4 Å². The second kappa shape index (κ2) is 11.0. The number of fused-ring (bicyclic) bond motifs is 1. The summed E-state index contributed by atoms with van der Waals surface area (Å²) in [5.74, 6) is 0.118. The molecule has 4 aromatic rings. The molecule has 0 spiro atoms. The average molecular weight is 508 g/mol. The molecule has 0 aliphatic rings. The van der Waals surface area contributed by atoms with Crippen molar-refractivity contribution in [2.45, 2.75) is 52.3 Å². The first-order valence-corrected chi connectivity index (χ1v) is 11.7. The first kappa shape index (κ1) is 25.5. The van der Waals surface area contributed by atoms with Gasteiger partial charge in [0.15, 0.2) is 11.2 Å². The number of nitrogens with zero attached hydrogens (tertiary/aromatic N) is 7. The van der Waals surface area contributed by atoms with E-state index in [0.29, 0.717) is 48.7 Å². The highest BCUT2D eigenvalue weighted by molar-refractivity contribution is 5.73. The van der Waals surface area contributed by atoms with E-state index in [4.69, 9.17) is 4.74 Å². The van der Waals surface area contributed by atoms with Gasteiger partial charge < -0.3 is 20.1 Å². The topological polar surface area (TPSA) is 151 Å². The zero-order valence-electron chi connectivity index (χ0n) is 21.1. The molecule has 0 bridgehead atoms. The standard InChI is InChI=1S/C24H29N9O4/c1-24(2,3)37-23(35)26-12-16-7-9-18(10-8-16)33-21-19(30-31-33)14-25-22(29-21)28-17-13-27-32(15-17)11-5-6-20(34)36-4/h7-10,13-15H,5-6,11-12H2,1-4H3,(H,26,35)(H,25,28,29). The van der Waals surface area contributed by atoms with Crippen LogP contribution >= 0.6 is 0 Å². The average Bonchev–Trinajstić information content (AvgIpc) is 3.48. The zero-order chi connectivity index (χ0) is 26.4. The van der Waals surface area contributed by atoms with Crippen molar-refractivity contribution in [3.05, 3.63) is 48.4 Å². The van der Waals surface area contributed by atoms with Crippen molar-refractivity contribution < 1.29 is 19.1 Å². The van der Waals surface area contributed by atoms with Crippen LogP contribution in [0.1, 0.15) is 39.2 Å². The number of anilines is 2. The Kier molecular flexibility index (Phi) is 7.60. The minimum absolute atomic E-state index is 0.246. The van der Waals surface area contributed by atoms with Crippen LogP contribution in [0, 0.1) is 0 Å². The molecule has 0 atom stereocenters. The van der Waals surface area contributed by atoms with Crippen LogP contribution in [0.25, 0.3) is 16.9 Å². The monoisotopic (exact) mass is 507 g/mol. The lowest BCUT2D eigenvalue weighted by Gasteiger charge is -2.19. The number of aromatic nitrogens is 7. The Morgan fingerprint density at radius 2 is 1.89 bits per heavy atom. The second-order valence-corrected chi connectivity index (χ2v) is 9.22. The molecule has 37 heavy (non-hydrogen) atoms. The summed E-state index contributed by atoms with van der Waals surface area (Å²) < 4.78 is 13.3. The summed E-state index contributed by atoms with van der Waals surface area (Å²) in [6.07, 6.45) is 5.54. The molecule has 3 heterocycles. The minimum atomic E-state index is -0.552. The summed E-state index contributed by atoms with van der Waals surface area (Å²) in [7, 11) is 1.37. The van der Waals surface area contributed by atoms with Gasteiger partial charge in [0.25, 0.3) is 0 Å². The first-order chi connectivity index (χ1) is 17.7. The van der Waals surface area contributed by atoms with E-state index in [0.717, 1.165) is 11.3 Å². The molecule has 0 aliphatic carbocycles. The van der Waals surface area contributed by atoms with Gasteiger partial charge in [-0.05, 0) is 44.9 Å². The van der Waals surface area contributed by atoms with Gasteiger partial charge in [-0.3, -0.25) is 9.48 Å². The van der Waals surface area contributed by atoms with Gasteiger partial charge in [0.2, 0.25) is 5.95 Å². The van der Waals surface area contributed by atoms with E-state index >= 15 is 0 Å². The number of rotatable bonds is 9. The Bertz CT molecular complexity index is 1370. The minimum Gasteiger partial charge on any atom is -0.469 e. The molecule has 0 fully saturated rings. The smallest absolute Gasteiger partial charge is 0.407 e. The molecule has 194 valence electrons. The highest BCUT2D eigenvalue weighted by Gasteiger charge is 2.16.